The number of benzene rings is 1. The predicted octanol–water partition coefficient (Wildman–Crippen LogP) is 2.67. The minimum atomic E-state index is 0.111. The molecule has 0 aliphatic rings. The molecule has 0 saturated carbocycles. The molecule has 20 heavy (non-hydrogen) atoms. The monoisotopic (exact) mass is 291 g/mol. The van der Waals surface area contributed by atoms with E-state index in [1.807, 2.05) is 25.2 Å². The summed E-state index contributed by atoms with van der Waals surface area (Å²) < 4.78 is 5.16. The molecular formula is C15H21N3OS. The highest BCUT2D eigenvalue weighted by Gasteiger charge is 2.17. The molecule has 0 saturated heterocycles. The zero-order chi connectivity index (χ0) is 14.4. The fourth-order valence-corrected chi connectivity index (χ4v) is 3.33. The summed E-state index contributed by atoms with van der Waals surface area (Å²) in [4.78, 5) is 0. The molecule has 4 nitrogen and oxygen atoms in total. The van der Waals surface area contributed by atoms with Gasteiger partial charge >= 0.3 is 0 Å². The predicted molar refractivity (Wildman–Crippen MR) is 82.0 cm³/mol. The maximum absolute atomic E-state index is 5.16. The lowest BCUT2D eigenvalue weighted by atomic mass is 10.1. The van der Waals surface area contributed by atoms with Gasteiger partial charge in [0, 0.05) is 20.1 Å². The van der Waals surface area contributed by atoms with Crippen LogP contribution < -0.4 is 5.32 Å². The van der Waals surface area contributed by atoms with Crippen molar-refractivity contribution in [1.29, 1.82) is 0 Å². The summed E-state index contributed by atoms with van der Waals surface area (Å²) in [7, 11) is 3.68. The van der Waals surface area contributed by atoms with E-state index in [2.05, 4.69) is 34.6 Å². The standard InChI is InChI=1S/C15H21N3OS/c1-11(10-19-3)9-13-17-18-15(20-13)14(16-2)12-7-5-4-6-8-12/h4-8,11,14,16H,9-10H2,1-3H3. The summed E-state index contributed by atoms with van der Waals surface area (Å²) in [6, 6.07) is 10.4. The van der Waals surface area contributed by atoms with Gasteiger partial charge in [-0.2, -0.15) is 0 Å². The van der Waals surface area contributed by atoms with Gasteiger partial charge in [-0.05, 0) is 18.5 Å². The third-order valence-corrected chi connectivity index (χ3v) is 4.14. The van der Waals surface area contributed by atoms with Crippen LogP contribution in [0.15, 0.2) is 30.3 Å². The molecule has 5 heteroatoms. The Bertz CT molecular complexity index is 515. The van der Waals surface area contributed by atoms with Gasteiger partial charge < -0.3 is 10.1 Å². The van der Waals surface area contributed by atoms with Crippen LogP contribution >= 0.6 is 11.3 Å². The van der Waals surface area contributed by atoms with E-state index in [0.717, 1.165) is 23.0 Å². The van der Waals surface area contributed by atoms with Gasteiger partial charge in [-0.25, -0.2) is 0 Å². The Morgan fingerprint density at radius 1 is 1.25 bits per heavy atom. The molecule has 108 valence electrons. The molecule has 0 aliphatic heterocycles. The Hall–Kier alpha value is -1.30. The zero-order valence-corrected chi connectivity index (χ0v) is 13.0. The molecule has 1 N–H and O–H groups in total. The van der Waals surface area contributed by atoms with Crippen molar-refractivity contribution in [3.05, 3.63) is 45.9 Å². The Morgan fingerprint density at radius 3 is 2.65 bits per heavy atom. The summed E-state index contributed by atoms with van der Waals surface area (Å²) in [5, 5.41) is 14.0. The fraction of sp³-hybridized carbons (Fsp3) is 0.467. The molecule has 0 radical (unpaired) electrons. The lowest BCUT2D eigenvalue weighted by Gasteiger charge is -2.12. The average molecular weight is 291 g/mol. The quantitative estimate of drug-likeness (QED) is 0.852. The number of methoxy groups -OCH3 is 1. The molecule has 2 aromatic rings. The van der Waals surface area contributed by atoms with Gasteiger partial charge in [0.25, 0.3) is 0 Å². The lowest BCUT2D eigenvalue weighted by molar-refractivity contribution is 0.159. The minimum Gasteiger partial charge on any atom is -0.384 e. The maximum atomic E-state index is 5.16. The maximum Gasteiger partial charge on any atom is 0.139 e. The second-order valence-corrected chi connectivity index (χ2v) is 6.02. The molecule has 0 amide bonds. The minimum absolute atomic E-state index is 0.111. The van der Waals surface area contributed by atoms with Crippen molar-refractivity contribution in [3.63, 3.8) is 0 Å². The Labute approximate surface area is 124 Å². The number of hydrogen-bond acceptors (Lipinski definition) is 5. The number of rotatable bonds is 7. The molecule has 0 aliphatic carbocycles. The third-order valence-electron chi connectivity index (χ3n) is 3.13. The number of hydrogen-bond donors (Lipinski definition) is 1. The summed E-state index contributed by atoms with van der Waals surface area (Å²) in [6.45, 7) is 2.92. The molecule has 1 aromatic carbocycles. The first kappa shape index (κ1) is 15.1. The van der Waals surface area contributed by atoms with Crippen molar-refractivity contribution in [2.75, 3.05) is 20.8 Å². The van der Waals surface area contributed by atoms with Crippen LogP contribution in [0.1, 0.15) is 28.5 Å². The van der Waals surface area contributed by atoms with Crippen molar-refractivity contribution in [3.8, 4) is 0 Å². The van der Waals surface area contributed by atoms with Gasteiger partial charge in [-0.15, -0.1) is 10.2 Å². The number of nitrogens with zero attached hydrogens (tertiary/aromatic N) is 2. The highest BCUT2D eigenvalue weighted by molar-refractivity contribution is 7.11. The van der Waals surface area contributed by atoms with Crippen LogP contribution in [-0.2, 0) is 11.2 Å². The molecule has 1 heterocycles. The highest BCUT2D eigenvalue weighted by atomic mass is 32.1. The number of aromatic nitrogens is 2. The highest BCUT2D eigenvalue weighted by Crippen LogP contribution is 2.25. The largest absolute Gasteiger partial charge is 0.384 e. The summed E-state index contributed by atoms with van der Waals surface area (Å²) in [5.74, 6) is 0.463. The van der Waals surface area contributed by atoms with E-state index in [-0.39, 0.29) is 6.04 Å². The molecule has 0 spiro atoms. The van der Waals surface area contributed by atoms with Gasteiger partial charge in [0.1, 0.15) is 10.0 Å². The van der Waals surface area contributed by atoms with Crippen molar-refractivity contribution < 1.29 is 4.74 Å². The van der Waals surface area contributed by atoms with Crippen LogP contribution in [0.2, 0.25) is 0 Å². The van der Waals surface area contributed by atoms with Crippen LogP contribution in [0.4, 0.5) is 0 Å². The Kier molecular flexibility index (Phi) is 5.64. The van der Waals surface area contributed by atoms with Crippen molar-refractivity contribution in [2.45, 2.75) is 19.4 Å². The Morgan fingerprint density at radius 2 is 2.00 bits per heavy atom. The molecule has 2 rings (SSSR count). The van der Waals surface area contributed by atoms with E-state index in [0.29, 0.717) is 5.92 Å². The first-order chi connectivity index (χ1) is 9.74. The number of ether oxygens (including phenoxy) is 1. The van der Waals surface area contributed by atoms with Crippen molar-refractivity contribution >= 4 is 11.3 Å². The summed E-state index contributed by atoms with van der Waals surface area (Å²) in [5.41, 5.74) is 1.21. The second kappa shape index (κ2) is 7.47. The SMILES string of the molecule is CNC(c1ccccc1)c1nnc(CC(C)COC)s1. The van der Waals surface area contributed by atoms with Crippen LogP contribution in [0, 0.1) is 5.92 Å². The second-order valence-electron chi connectivity index (χ2n) is 4.93. The molecule has 2 unspecified atom stereocenters. The molecule has 1 aromatic heterocycles. The zero-order valence-electron chi connectivity index (χ0n) is 12.2. The van der Waals surface area contributed by atoms with Gasteiger partial charge in [0.15, 0.2) is 0 Å². The first-order valence-corrected chi connectivity index (χ1v) is 7.59. The fourth-order valence-electron chi connectivity index (χ4n) is 2.19. The van der Waals surface area contributed by atoms with E-state index in [1.165, 1.54) is 5.56 Å². The summed E-state index contributed by atoms with van der Waals surface area (Å²) in [6.07, 6.45) is 0.913. The third kappa shape index (κ3) is 3.85. The van der Waals surface area contributed by atoms with Gasteiger partial charge in [0.05, 0.1) is 6.04 Å². The van der Waals surface area contributed by atoms with Crippen LogP contribution in [0.25, 0.3) is 0 Å². The van der Waals surface area contributed by atoms with E-state index in [9.17, 15) is 0 Å². The van der Waals surface area contributed by atoms with Crippen LogP contribution in [0.3, 0.4) is 0 Å². The molecule has 2 atom stereocenters. The smallest absolute Gasteiger partial charge is 0.139 e. The van der Waals surface area contributed by atoms with E-state index < -0.39 is 0 Å². The van der Waals surface area contributed by atoms with E-state index in [1.54, 1.807) is 18.4 Å². The summed E-state index contributed by atoms with van der Waals surface area (Å²) >= 11 is 1.67. The van der Waals surface area contributed by atoms with Crippen LogP contribution in [0.5, 0.6) is 0 Å². The van der Waals surface area contributed by atoms with E-state index in [4.69, 9.17) is 4.74 Å². The normalized spacial score (nSPS) is 14.2. The molecule has 0 bridgehead atoms. The van der Waals surface area contributed by atoms with Gasteiger partial charge in [-0.3, -0.25) is 0 Å². The lowest BCUT2D eigenvalue weighted by Crippen LogP contribution is -2.17. The topological polar surface area (TPSA) is 47.0 Å². The Balaban J connectivity index is 2.10. The van der Waals surface area contributed by atoms with Gasteiger partial charge in [0.2, 0.25) is 0 Å². The average Bonchev–Trinajstić information content (AvgIpc) is 2.89. The van der Waals surface area contributed by atoms with Crippen LogP contribution in [-0.4, -0.2) is 31.0 Å². The van der Waals surface area contributed by atoms with Crippen molar-refractivity contribution in [1.82, 2.24) is 15.5 Å². The van der Waals surface area contributed by atoms with Crippen molar-refractivity contribution in [2.24, 2.45) is 5.92 Å². The molecule has 0 fully saturated rings. The molecular weight excluding hydrogens is 270 g/mol. The van der Waals surface area contributed by atoms with E-state index >= 15 is 0 Å². The first-order valence-electron chi connectivity index (χ1n) is 6.78. The van der Waals surface area contributed by atoms with Gasteiger partial charge in [-0.1, -0.05) is 48.6 Å². The number of nitrogens with one attached hydrogen (secondary N) is 1.